The van der Waals surface area contributed by atoms with E-state index in [1.807, 2.05) is 13.0 Å². The second-order valence-corrected chi connectivity index (χ2v) is 11.9. The van der Waals surface area contributed by atoms with Gasteiger partial charge in [-0.25, -0.2) is 9.97 Å². The highest BCUT2D eigenvalue weighted by atomic mass is 35.5. The molecule has 3 fully saturated rings. The summed E-state index contributed by atoms with van der Waals surface area (Å²) in [5.41, 5.74) is 1.39. The molecule has 0 bridgehead atoms. The number of carboxylic acids is 1. The van der Waals surface area contributed by atoms with Gasteiger partial charge in [-0.3, -0.25) is 9.69 Å². The molecule has 2 atom stereocenters. The van der Waals surface area contributed by atoms with E-state index in [1.165, 1.54) is 0 Å². The fourth-order valence-corrected chi connectivity index (χ4v) is 6.61. The Bertz CT molecular complexity index is 1220. The molecule has 196 valence electrons. The third-order valence-electron chi connectivity index (χ3n) is 8.56. The van der Waals surface area contributed by atoms with Crippen LogP contribution >= 0.6 is 23.2 Å². The second-order valence-electron chi connectivity index (χ2n) is 11.1. The predicted octanol–water partition coefficient (Wildman–Crippen LogP) is 5.23. The Morgan fingerprint density at radius 3 is 2.76 bits per heavy atom. The van der Waals surface area contributed by atoms with Crippen LogP contribution < -0.4 is 10.2 Å². The van der Waals surface area contributed by atoms with Crippen LogP contribution in [0.5, 0.6) is 0 Å². The van der Waals surface area contributed by atoms with Crippen molar-refractivity contribution in [2.45, 2.75) is 51.6 Å². The Balaban J connectivity index is 1.23. The maximum atomic E-state index is 11.2. The number of nitrogens with zero attached hydrogens (tertiary/aromatic N) is 5. The van der Waals surface area contributed by atoms with Crippen LogP contribution in [0.3, 0.4) is 0 Å². The molecule has 10 heteroatoms. The molecule has 0 unspecified atom stereocenters. The number of nitriles is 1. The molecule has 2 saturated heterocycles. The van der Waals surface area contributed by atoms with Gasteiger partial charge in [0, 0.05) is 41.6 Å². The van der Waals surface area contributed by atoms with Crippen molar-refractivity contribution in [1.82, 2.24) is 14.9 Å². The number of benzene rings is 1. The van der Waals surface area contributed by atoms with Gasteiger partial charge in [0.1, 0.15) is 11.9 Å². The minimum absolute atomic E-state index is 0.122. The van der Waals surface area contributed by atoms with Crippen molar-refractivity contribution in [3.8, 4) is 6.07 Å². The molecule has 37 heavy (non-hydrogen) atoms. The highest BCUT2D eigenvalue weighted by Gasteiger charge is 2.48. The molecule has 0 spiro atoms. The zero-order valence-electron chi connectivity index (χ0n) is 21.1. The summed E-state index contributed by atoms with van der Waals surface area (Å²) in [6.07, 6.45) is 5.42. The average Bonchev–Trinajstić information content (AvgIpc) is 2.77. The van der Waals surface area contributed by atoms with E-state index < -0.39 is 5.97 Å². The van der Waals surface area contributed by atoms with Crippen molar-refractivity contribution < 1.29 is 9.90 Å². The first-order valence-corrected chi connectivity index (χ1v) is 13.6. The number of anilines is 2. The van der Waals surface area contributed by atoms with Gasteiger partial charge in [0.25, 0.3) is 0 Å². The van der Waals surface area contributed by atoms with E-state index >= 15 is 0 Å². The van der Waals surface area contributed by atoms with E-state index in [0.717, 1.165) is 57.4 Å². The van der Waals surface area contributed by atoms with Gasteiger partial charge in [0.05, 0.1) is 18.2 Å². The largest absolute Gasteiger partial charge is 0.481 e. The molecule has 1 saturated carbocycles. The molecule has 3 heterocycles. The summed E-state index contributed by atoms with van der Waals surface area (Å²) < 4.78 is 0. The Kier molecular flexibility index (Phi) is 7.23. The average molecular weight is 543 g/mol. The minimum atomic E-state index is -0.664. The van der Waals surface area contributed by atoms with Crippen LogP contribution in [0.15, 0.2) is 24.4 Å². The Morgan fingerprint density at radius 2 is 2.08 bits per heavy atom. The van der Waals surface area contributed by atoms with E-state index in [1.54, 1.807) is 18.3 Å². The molecule has 3 aliphatic rings. The first-order chi connectivity index (χ1) is 17.7. The predicted molar refractivity (Wildman–Crippen MR) is 144 cm³/mol. The van der Waals surface area contributed by atoms with Gasteiger partial charge in [0.2, 0.25) is 0 Å². The van der Waals surface area contributed by atoms with Crippen molar-refractivity contribution in [3.63, 3.8) is 0 Å². The van der Waals surface area contributed by atoms with Crippen molar-refractivity contribution in [2.24, 2.45) is 17.3 Å². The molecule has 0 radical (unpaired) electrons. The van der Waals surface area contributed by atoms with E-state index in [-0.39, 0.29) is 17.4 Å². The number of hydrogen-bond donors (Lipinski definition) is 2. The molecule has 1 aromatic carbocycles. The third kappa shape index (κ3) is 5.22. The van der Waals surface area contributed by atoms with E-state index in [2.05, 4.69) is 33.1 Å². The van der Waals surface area contributed by atoms with Crippen LogP contribution in [0.1, 0.15) is 56.8 Å². The molecule has 2 aliphatic heterocycles. The number of carbonyl (C=O) groups is 1. The smallest absolute Gasteiger partial charge is 0.306 e. The number of rotatable bonds is 7. The summed E-state index contributed by atoms with van der Waals surface area (Å²) in [5, 5.41) is 23.4. The van der Waals surface area contributed by atoms with Crippen LogP contribution in [0, 0.1) is 28.6 Å². The first kappa shape index (κ1) is 26.0. The van der Waals surface area contributed by atoms with Crippen LogP contribution in [0.25, 0.3) is 0 Å². The topological polar surface area (TPSA) is 105 Å². The van der Waals surface area contributed by atoms with Gasteiger partial charge >= 0.3 is 5.97 Å². The Morgan fingerprint density at radius 1 is 1.32 bits per heavy atom. The second kappa shape index (κ2) is 10.3. The van der Waals surface area contributed by atoms with Gasteiger partial charge in [0.15, 0.2) is 11.5 Å². The lowest BCUT2D eigenvalue weighted by molar-refractivity contribution is -0.148. The lowest BCUT2D eigenvalue weighted by Gasteiger charge is -2.55. The van der Waals surface area contributed by atoms with E-state index in [0.29, 0.717) is 39.3 Å². The van der Waals surface area contributed by atoms with Gasteiger partial charge in [-0.1, -0.05) is 36.2 Å². The molecule has 8 nitrogen and oxygen atoms in total. The van der Waals surface area contributed by atoms with Crippen LogP contribution in [-0.2, 0) is 4.79 Å². The van der Waals surface area contributed by atoms with Gasteiger partial charge < -0.3 is 15.3 Å². The molecule has 2 aromatic rings. The third-order valence-corrected chi connectivity index (χ3v) is 9.12. The summed E-state index contributed by atoms with van der Waals surface area (Å²) in [6, 6.07) is 7.88. The van der Waals surface area contributed by atoms with E-state index in [4.69, 9.17) is 28.2 Å². The van der Waals surface area contributed by atoms with Gasteiger partial charge in [-0.15, -0.1) is 0 Å². The summed E-state index contributed by atoms with van der Waals surface area (Å²) in [6.45, 7) is 8.07. The van der Waals surface area contributed by atoms with Crippen LogP contribution in [0.2, 0.25) is 10.0 Å². The normalized spacial score (nSPS) is 27.1. The standard InChI is InChI=1S/C27H32Cl2N6O2/c1-16(21-5-4-19(28)10-22(21)29)32-24-12-31-23(11-30)25(33-24)35-13-18(14-35)27(2)6-3-7-34(15-27)20-8-17(9-20)26(36)37/h4-5,10,12,16-18,20H,3,6-9,13-15H2,1-2H3,(H,32,33)(H,36,37)/t16-,17-,20+,27+/m1/s1. The maximum Gasteiger partial charge on any atom is 0.306 e. The molecular formula is C27H32Cl2N6O2. The van der Waals surface area contributed by atoms with Crippen LogP contribution in [0.4, 0.5) is 11.6 Å². The maximum absolute atomic E-state index is 11.2. The Labute approximate surface area is 227 Å². The fourth-order valence-electron chi connectivity index (χ4n) is 6.03. The van der Waals surface area contributed by atoms with Gasteiger partial charge in [-0.2, -0.15) is 5.26 Å². The van der Waals surface area contributed by atoms with E-state index in [9.17, 15) is 15.2 Å². The Hall–Kier alpha value is -2.60. The van der Waals surface area contributed by atoms with Gasteiger partial charge in [-0.05, 0) is 62.3 Å². The van der Waals surface area contributed by atoms with Crippen molar-refractivity contribution in [2.75, 3.05) is 36.4 Å². The minimum Gasteiger partial charge on any atom is -0.481 e. The fraction of sp³-hybridized carbons (Fsp3) is 0.556. The monoisotopic (exact) mass is 542 g/mol. The number of aliphatic carboxylic acids is 1. The lowest BCUT2D eigenvalue weighted by atomic mass is 9.67. The summed E-state index contributed by atoms with van der Waals surface area (Å²) in [5.74, 6) is 0.839. The number of likely N-dealkylation sites (tertiary alicyclic amines) is 1. The molecule has 0 amide bonds. The number of nitrogens with one attached hydrogen (secondary N) is 1. The highest BCUT2D eigenvalue weighted by molar-refractivity contribution is 6.35. The first-order valence-electron chi connectivity index (χ1n) is 12.9. The summed E-state index contributed by atoms with van der Waals surface area (Å²) in [4.78, 5) is 25.0. The quantitative estimate of drug-likeness (QED) is 0.489. The summed E-state index contributed by atoms with van der Waals surface area (Å²) >= 11 is 12.4. The van der Waals surface area contributed by atoms with Crippen molar-refractivity contribution in [1.29, 1.82) is 5.26 Å². The number of hydrogen-bond acceptors (Lipinski definition) is 7. The molecule has 1 aliphatic carbocycles. The zero-order chi connectivity index (χ0) is 26.3. The zero-order valence-corrected chi connectivity index (χ0v) is 22.6. The SMILES string of the molecule is C[C@@H](Nc1cnc(C#N)c(N2CC([C@@]3(C)CCCN([C@H]4C[C@@H](C(=O)O)C4)C3)C2)n1)c1ccc(Cl)cc1Cl. The molecule has 5 rings (SSSR count). The number of aromatic nitrogens is 2. The molecule has 2 N–H and O–H groups in total. The molecular weight excluding hydrogens is 511 g/mol. The number of carboxylic acid groups (broad SMARTS) is 1. The lowest BCUT2D eigenvalue weighted by Crippen LogP contribution is -2.61. The van der Waals surface area contributed by atoms with Crippen molar-refractivity contribution >= 4 is 40.8 Å². The molecule has 1 aromatic heterocycles. The number of halogens is 2. The summed E-state index contributed by atoms with van der Waals surface area (Å²) in [7, 11) is 0. The number of piperidine rings is 1. The highest BCUT2D eigenvalue weighted by Crippen LogP contribution is 2.45. The van der Waals surface area contributed by atoms with Crippen molar-refractivity contribution in [3.05, 3.63) is 45.7 Å². The van der Waals surface area contributed by atoms with Crippen LogP contribution in [-0.4, -0.2) is 58.2 Å².